The van der Waals surface area contributed by atoms with Crippen LogP contribution in [0.4, 0.5) is 0 Å². The minimum atomic E-state index is 0.0463. The molecule has 0 aliphatic heterocycles. The highest BCUT2D eigenvalue weighted by atomic mass is 16.5. The van der Waals surface area contributed by atoms with E-state index in [0.717, 1.165) is 13.0 Å². The fourth-order valence-electron chi connectivity index (χ4n) is 0.978. The molecule has 0 aliphatic carbocycles. The number of nitrogens with zero attached hydrogens (tertiary/aromatic N) is 1. The quantitative estimate of drug-likeness (QED) is 0.242. The van der Waals surface area contributed by atoms with Crippen LogP contribution in [-0.4, -0.2) is 37.3 Å². The molecule has 0 heterocycles. The molecule has 0 bridgehead atoms. The van der Waals surface area contributed by atoms with Gasteiger partial charge < -0.3 is 21.0 Å². The van der Waals surface area contributed by atoms with Crippen LogP contribution in [-0.2, 0) is 4.74 Å². The third-order valence-corrected chi connectivity index (χ3v) is 2.15. The predicted octanol–water partition coefficient (Wildman–Crippen LogP) is 0.384. The van der Waals surface area contributed by atoms with Crippen molar-refractivity contribution >= 4 is 5.84 Å². The Morgan fingerprint density at radius 2 is 2.21 bits per heavy atom. The molecule has 0 saturated heterocycles. The summed E-state index contributed by atoms with van der Waals surface area (Å²) in [4.78, 5) is 0. The number of hydrogen-bond donors (Lipinski definition) is 3. The van der Waals surface area contributed by atoms with Crippen LogP contribution in [0.2, 0.25) is 0 Å². The smallest absolute Gasteiger partial charge is 0.143 e. The topological polar surface area (TPSA) is 79.9 Å². The Hall–Kier alpha value is -0.810. The van der Waals surface area contributed by atoms with Crippen LogP contribution in [0.25, 0.3) is 0 Å². The largest absolute Gasteiger partial charge is 0.409 e. The van der Waals surface area contributed by atoms with Crippen molar-refractivity contribution < 1.29 is 9.94 Å². The lowest BCUT2D eigenvalue weighted by Crippen LogP contribution is -2.36. The number of nitrogens with two attached hydrogens (primary N) is 1. The van der Waals surface area contributed by atoms with Crippen molar-refractivity contribution in [3.63, 3.8) is 0 Å². The second-order valence-corrected chi connectivity index (χ2v) is 3.52. The lowest BCUT2D eigenvalue weighted by molar-refractivity contribution is 0.184. The Kier molecular flexibility index (Phi) is 7.14. The molecule has 0 aromatic rings. The molecule has 0 rings (SSSR count). The van der Waals surface area contributed by atoms with Gasteiger partial charge in [-0.3, -0.25) is 0 Å². The van der Waals surface area contributed by atoms with Gasteiger partial charge in [-0.05, 0) is 13.3 Å². The van der Waals surface area contributed by atoms with Crippen LogP contribution in [0.5, 0.6) is 0 Å². The van der Waals surface area contributed by atoms with Gasteiger partial charge in [0.15, 0.2) is 0 Å². The van der Waals surface area contributed by atoms with Gasteiger partial charge in [0.25, 0.3) is 0 Å². The van der Waals surface area contributed by atoms with Crippen molar-refractivity contribution in [1.29, 1.82) is 0 Å². The monoisotopic (exact) mass is 203 g/mol. The second-order valence-electron chi connectivity index (χ2n) is 3.52. The third-order valence-electron chi connectivity index (χ3n) is 2.15. The lowest BCUT2D eigenvalue weighted by Gasteiger charge is -2.16. The molecule has 0 aliphatic rings. The summed E-state index contributed by atoms with van der Waals surface area (Å²) < 4.78 is 4.96. The second kappa shape index (κ2) is 7.58. The van der Waals surface area contributed by atoms with Gasteiger partial charge >= 0.3 is 0 Å². The predicted molar refractivity (Wildman–Crippen MR) is 56.5 cm³/mol. The number of nitrogens with one attached hydrogen (secondary N) is 1. The number of ether oxygens (including phenoxy) is 1. The zero-order valence-corrected chi connectivity index (χ0v) is 9.16. The van der Waals surface area contributed by atoms with E-state index in [4.69, 9.17) is 15.7 Å². The maximum absolute atomic E-state index is 8.43. The molecule has 0 spiro atoms. The van der Waals surface area contributed by atoms with Crippen LogP contribution >= 0.6 is 0 Å². The Labute approximate surface area is 85.3 Å². The molecule has 5 nitrogen and oxygen atoms in total. The summed E-state index contributed by atoms with van der Waals surface area (Å²) in [7, 11) is 1.69. The molecular weight excluding hydrogens is 182 g/mol. The minimum absolute atomic E-state index is 0.0463. The van der Waals surface area contributed by atoms with E-state index >= 15 is 0 Å². The zero-order chi connectivity index (χ0) is 11.0. The van der Waals surface area contributed by atoms with Crippen molar-refractivity contribution in [2.75, 3.05) is 20.3 Å². The molecule has 0 radical (unpaired) electrons. The molecular formula is C9H21N3O2. The van der Waals surface area contributed by atoms with Crippen LogP contribution in [0.1, 0.15) is 20.3 Å². The Morgan fingerprint density at radius 1 is 1.57 bits per heavy atom. The number of amidine groups is 1. The van der Waals surface area contributed by atoms with Gasteiger partial charge in [-0.25, -0.2) is 0 Å². The fourth-order valence-corrected chi connectivity index (χ4v) is 0.978. The maximum Gasteiger partial charge on any atom is 0.143 e. The SMILES string of the molecule is COCCC(C)NCC(C)C(N)=NO. The van der Waals surface area contributed by atoms with Gasteiger partial charge in [-0.2, -0.15) is 0 Å². The van der Waals surface area contributed by atoms with Gasteiger partial charge in [0, 0.05) is 32.2 Å². The Morgan fingerprint density at radius 3 is 2.71 bits per heavy atom. The molecule has 0 aromatic carbocycles. The number of methoxy groups -OCH3 is 1. The average molecular weight is 203 g/mol. The highest BCUT2D eigenvalue weighted by molar-refractivity contribution is 5.82. The summed E-state index contributed by atoms with van der Waals surface area (Å²) in [5, 5.41) is 14.7. The molecule has 0 saturated carbocycles. The molecule has 2 unspecified atom stereocenters. The Balaban J connectivity index is 3.60. The molecule has 0 aromatic heterocycles. The highest BCUT2D eigenvalue weighted by Crippen LogP contribution is 1.96. The van der Waals surface area contributed by atoms with E-state index in [1.807, 2.05) is 6.92 Å². The summed E-state index contributed by atoms with van der Waals surface area (Å²) in [5.74, 6) is 0.307. The van der Waals surface area contributed by atoms with E-state index in [1.54, 1.807) is 7.11 Å². The first-order chi connectivity index (χ1) is 6.61. The van der Waals surface area contributed by atoms with Crippen LogP contribution in [0.15, 0.2) is 5.16 Å². The van der Waals surface area contributed by atoms with E-state index in [2.05, 4.69) is 17.4 Å². The summed E-state index contributed by atoms with van der Waals surface area (Å²) in [6.45, 7) is 5.44. The molecule has 84 valence electrons. The highest BCUT2D eigenvalue weighted by Gasteiger charge is 2.08. The average Bonchev–Trinajstić information content (AvgIpc) is 2.21. The van der Waals surface area contributed by atoms with Crippen molar-refractivity contribution in [3.05, 3.63) is 0 Å². The normalized spacial score (nSPS) is 16.6. The third kappa shape index (κ3) is 5.77. The van der Waals surface area contributed by atoms with Gasteiger partial charge in [0.05, 0.1) is 0 Å². The van der Waals surface area contributed by atoms with E-state index < -0.39 is 0 Å². The van der Waals surface area contributed by atoms with E-state index in [0.29, 0.717) is 12.6 Å². The van der Waals surface area contributed by atoms with Gasteiger partial charge in [-0.1, -0.05) is 12.1 Å². The molecule has 14 heavy (non-hydrogen) atoms. The van der Waals surface area contributed by atoms with Crippen LogP contribution in [0, 0.1) is 5.92 Å². The molecule has 5 heteroatoms. The maximum atomic E-state index is 8.43. The van der Waals surface area contributed by atoms with E-state index in [9.17, 15) is 0 Å². The number of hydrogen-bond acceptors (Lipinski definition) is 4. The van der Waals surface area contributed by atoms with E-state index in [-0.39, 0.29) is 11.8 Å². The number of rotatable bonds is 7. The van der Waals surface area contributed by atoms with Crippen molar-refractivity contribution in [3.8, 4) is 0 Å². The first-order valence-electron chi connectivity index (χ1n) is 4.81. The van der Waals surface area contributed by atoms with E-state index in [1.165, 1.54) is 0 Å². The first-order valence-corrected chi connectivity index (χ1v) is 4.81. The molecule has 0 amide bonds. The van der Waals surface area contributed by atoms with Crippen LogP contribution < -0.4 is 11.1 Å². The molecule has 2 atom stereocenters. The lowest BCUT2D eigenvalue weighted by atomic mass is 10.1. The Bertz CT molecular complexity index is 173. The zero-order valence-electron chi connectivity index (χ0n) is 9.16. The number of oxime groups is 1. The minimum Gasteiger partial charge on any atom is -0.409 e. The summed E-state index contributed by atoms with van der Waals surface area (Å²) in [6.07, 6.45) is 0.958. The van der Waals surface area contributed by atoms with Crippen molar-refractivity contribution in [2.45, 2.75) is 26.3 Å². The van der Waals surface area contributed by atoms with Gasteiger partial charge in [-0.15, -0.1) is 0 Å². The van der Waals surface area contributed by atoms with Crippen molar-refractivity contribution in [1.82, 2.24) is 5.32 Å². The standard InChI is InChI=1S/C9H21N3O2/c1-7(9(10)12-13)6-11-8(2)4-5-14-3/h7-8,11,13H,4-6H2,1-3H3,(H2,10,12). The molecule has 4 N–H and O–H groups in total. The first kappa shape index (κ1) is 13.2. The summed E-state index contributed by atoms with van der Waals surface area (Å²) in [5.41, 5.74) is 5.44. The molecule has 0 fully saturated rings. The van der Waals surface area contributed by atoms with Crippen LogP contribution in [0.3, 0.4) is 0 Å². The van der Waals surface area contributed by atoms with Gasteiger partial charge in [0.2, 0.25) is 0 Å². The summed E-state index contributed by atoms with van der Waals surface area (Å²) in [6, 6.07) is 0.379. The summed E-state index contributed by atoms with van der Waals surface area (Å²) >= 11 is 0. The van der Waals surface area contributed by atoms with Crippen molar-refractivity contribution in [2.24, 2.45) is 16.8 Å². The van der Waals surface area contributed by atoms with Gasteiger partial charge in [0.1, 0.15) is 5.84 Å². The fraction of sp³-hybridized carbons (Fsp3) is 0.889.